The molecule has 2 heterocycles. The molecule has 1 aliphatic heterocycles. The summed E-state index contributed by atoms with van der Waals surface area (Å²) in [7, 11) is 0. The molecule has 1 saturated heterocycles. The zero-order valence-corrected chi connectivity index (χ0v) is 12.2. The summed E-state index contributed by atoms with van der Waals surface area (Å²) in [4.78, 5) is 0. The van der Waals surface area contributed by atoms with E-state index in [-0.39, 0.29) is 5.60 Å². The fourth-order valence-electron chi connectivity index (χ4n) is 2.11. The quantitative estimate of drug-likeness (QED) is 0.922. The maximum atomic E-state index is 5.71. The fraction of sp³-hybridized carbons (Fsp3) is 0.667. The molecule has 16 heavy (non-hydrogen) atoms. The van der Waals surface area contributed by atoms with Gasteiger partial charge in [0.2, 0.25) is 0 Å². The van der Waals surface area contributed by atoms with Gasteiger partial charge in [-0.15, -0.1) is 11.3 Å². The van der Waals surface area contributed by atoms with Crippen LogP contribution >= 0.6 is 27.3 Å². The first-order valence-corrected chi connectivity index (χ1v) is 7.33. The van der Waals surface area contributed by atoms with Crippen LogP contribution in [0.1, 0.15) is 32.3 Å². The number of rotatable bonds is 3. The lowest BCUT2D eigenvalue weighted by molar-refractivity contribution is -0.0630. The molecule has 1 atom stereocenters. The van der Waals surface area contributed by atoms with Gasteiger partial charge in [-0.3, -0.25) is 0 Å². The van der Waals surface area contributed by atoms with E-state index in [1.165, 1.54) is 9.35 Å². The molecule has 0 amide bonds. The average molecular weight is 304 g/mol. The van der Waals surface area contributed by atoms with Crippen LogP contribution in [0.25, 0.3) is 0 Å². The molecule has 0 bridgehead atoms. The highest BCUT2D eigenvalue weighted by Gasteiger charge is 2.28. The summed E-state index contributed by atoms with van der Waals surface area (Å²) in [6, 6.07) is 2.77. The van der Waals surface area contributed by atoms with Gasteiger partial charge in [0.05, 0.1) is 9.39 Å². The van der Waals surface area contributed by atoms with Gasteiger partial charge >= 0.3 is 0 Å². The number of thiophene rings is 1. The van der Waals surface area contributed by atoms with E-state index in [9.17, 15) is 0 Å². The third-order valence-corrected chi connectivity index (χ3v) is 4.47. The molecule has 0 spiro atoms. The van der Waals surface area contributed by atoms with Gasteiger partial charge in [0.25, 0.3) is 0 Å². The average Bonchev–Trinajstić information content (AvgIpc) is 2.60. The van der Waals surface area contributed by atoms with E-state index < -0.39 is 0 Å². The van der Waals surface area contributed by atoms with Crippen LogP contribution in [0.3, 0.4) is 0 Å². The van der Waals surface area contributed by atoms with Crippen molar-refractivity contribution in [3.05, 3.63) is 20.8 Å². The van der Waals surface area contributed by atoms with Crippen LogP contribution in [-0.4, -0.2) is 18.2 Å². The maximum Gasteiger partial charge on any atom is 0.0701 e. The zero-order valence-electron chi connectivity index (χ0n) is 9.75. The standard InChI is InChI=1S/C12H18BrNOS/c1-12(2)6-10(3-4-15-12)14-7-9-5-11(13)16-8-9/h5,8,10,14H,3-4,6-7H2,1-2H3. The second-order valence-corrected chi connectivity index (χ2v) is 7.23. The maximum absolute atomic E-state index is 5.71. The first kappa shape index (κ1) is 12.6. The molecular weight excluding hydrogens is 286 g/mol. The van der Waals surface area contributed by atoms with E-state index >= 15 is 0 Å². The normalized spacial score (nSPS) is 24.6. The summed E-state index contributed by atoms with van der Waals surface area (Å²) in [5.74, 6) is 0. The van der Waals surface area contributed by atoms with Crippen molar-refractivity contribution in [3.8, 4) is 0 Å². The predicted molar refractivity (Wildman–Crippen MR) is 71.9 cm³/mol. The lowest BCUT2D eigenvalue weighted by Crippen LogP contribution is -2.43. The fourth-order valence-corrected chi connectivity index (χ4v) is 3.32. The Kier molecular flexibility index (Phi) is 4.06. The molecule has 1 aromatic heterocycles. The van der Waals surface area contributed by atoms with E-state index in [0.29, 0.717) is 6.04 Å². The van der Waals surface area contributed by atoms with Crippen molar-refractivity contribution in [2.45, 2.75) is 44.9 Å². The van der Waals surface area contributed by atoms with Crippen molar-refractivity contribution in [3.63, 3.8) is 0 Å². The summed E-state index contributed by atoms with van der Waals surface area (Å²) < 4.78 is 6.91. The molecule has 90 valence electrons. The van der Waals surface area contributed by atoms with Gasteiger partial charge in [-0.25, -0.2) is 0 Å². The Hall–Kier alpha value is 0.1000. The van der Waals surface area contributed by atoms with Crippen LogP contribution in [-0.2, 0) is 11.3 Å². The Morgan fingerprint density at radius 2 is 2.44 bits per heavy atom. The van der Waals surface area contributed by atoms with E-state index in [4.69, 9.17) is 4.74 Å². The van der Waals surface area contributed by atoms with Crippen LogP contribution in [0.4, 0.5) is 0 Å². The molecule has 1 aromatic rings. The van der Waals surface area contributed by atoms with E-state index in [2.05, 4.69) is 46.5 Å². The van der Waals surface area contributed by atoms with Crippen molar-refractivity contribution < 1.29 is 4.74 Å². The van der Waals surface area contributed by atoms with Crippen molar-refractivity contribution in [1.82, 2.24) is 5.32 Å². The van der Waals surface area contributed by atoms with Gasteiger partial charge in [-0.05, 0) is 59.6 Å². The predicted octanol–water partition coefficient (Wildman–Crippen LogP) is 3.56. The summed E-state index contributed by atoms with van der Waals surface area (Å²) in [6.07, 6.45) is 2.22. The van der Waals surface area contributed by atoms with E-state index in [0.717, 1.165) is 26.0 Å². The van der Waals surface area contributed by atoms with Crippen LogP contribution in [0, 0.1) is 0 Å². The van der Waals surface area contributed by atoms with Gasteiger partial charge < -0.3 is 10.1 Å². The number of ether oxygens (including phenoxy) is 1. The highest BCUT2D eigenvalue weighted by atomic mass is 79.9. The van der Waals surface area contributed by atoms with Gasteiger partial charge in [0, 0.05) is 19.2 Å². The molecule has 0 aliphatic carbocycles. The highest BCUT2D eigenvalue weighted by molar-refractivity contribution is 9.11. The third kappa shape index (κ3) is 3.55. The minimum atomic E-state index is 0.0329. The molecular formula is C12H18BrNOS. The molecule has 1 unspecified atom stereocenters. The summed E-state index contributed by atoms with van der Waals surface area (Å²) in [5.41, 5.74) is 1.40. The first-order chi connectivity index (χ1) is 7.55. The minimum Gasteiger partial charge on any atom is -0.375 e. The first-order valence-electron chi connectivity index (χ1n) is 5.65. The molecule has 0 aromatic carbocycles. The van der Waals surface area contributed by atoms with Crippen LogP contribution in [0.5, 0.6) is 0 Å². The number of hydrogen-bond acceptors (Lipinski definition) is 3. The van der Waals surface area contributed by atoms with Crippen LogP contribution < -0.4 is 5.32 Å². The Morgan fingerprint density at radius 3 is 3.06 bits per heavy atom. The van der Waals surface area contributed by atoms with Crippen LogP contribution in [0.15, 0.2) is 15.2 Å². The molecule has 4 heteroatoms. The molecule has 2 nitrogen and oxygen atoms in total. The van der Waals surface area contributed by atoms with E-state index in [1.54, 1.807) is 11.3 Å². The third-order valence-electron chi connectivity index (χ3n) is 2.91. The summed E-state index contributed by atoms with van der Waals surface area (Å²) in [5, 5.41) is 5.81. The topological polar surface area (TPSA) is 21.3 Å². The lowest BCUT2D eigenvalue weighted by atomic mass is 9.94. The van der Waals surface area contributed by atoms with Crippen molar-refractivity contribution >= 4 is 27.3 Å². The molecule has 1 aliphatic rings. The highest BCUT2D eigenvalue weighted by Crippen LogP contribution is 2.25. The molecule has 0 radical (unpaired) electrons. The van der Waals surface area contributed by atoms with Crippen molar-refractivity contribution in [1.29, 1.82) is 0 Å². The molecule has 1 N–H and O–H groups in total. The number of nitrogens with one attached hydrogen (secondary N) is 1. The largest absolute Gasteiger partial charge is 0.375 e. The monoisotopic (exact) mass is 303 g/mol. The summed E-state index contributed by atoms with van der Waals surface area (Å²) in [6.45, 7) is 6.17. The van der Waals surface area contributed by atoms with Gasteiger partial charge in [-0.2, -0.15) is 0 Å². The summed E-state index contributed by atoms with van der Waals surface area (Å²) >= 11 is 5.23. The van der Waals surface area contributed by atoms with Crippen molar-refractivity contribution in [2.75, 3.05) is 6.61 Å². The molecule has 2 rings (SSSR count). The van der Waals surface area contributed by atoms with Crippen molar-refractivity contribution in [2.24, 2.45) is 0 Å². The van der Waals surface area contributed by atoms with Gasteiger partial charge in [0.15, 0.2) is 0 Å². The molecule has 0 saturated carbocycles. The zero-order chi connectivity index (χ0) is 11.6. The molecule has 1 fully saturated rings. The Labute approximate surface area is 110 Å². The second-order valence-electron chi connectivity index (χ2n) is 4.94. The smallest absolute Gasteiger partial charge is 0.0701 e. The Bertz CT molecular complexity index is 351. The second kappa shape index (κ2) is 5.17. The SMILES string of the molecule is CC1(C)CC(NCc2csc(Br)c2)CCO1. The Balaban J connectivity index is 1.82. The lowest BCUT2D eigenvalue weighted by Gasteiger charge is -2.35. The van der Waals surface area contributed by atoms with Gasteiger partial charge in [0.1, 0.15) is 0 Å². The van der Waals surface area contributed by atoms with Crippen LogP contribution in [0.2, 0.25) is 0 Å². The van der Waals surface area contributed by atoms with Gasteiger partial charge in [-0.1, -0.05) is 0 Å². The number of halogens is 1. The van der Waals surface area contributed by atoms with E-state index in [1.807, 2.05) is 0 Å². The number of hydrogen-bond donors (Lipinski definition) is 1. The Morgan fingerprint density at radius 1 is 1.62 bits per heavy atom. The minimum absolute atomic E-state index is 0.0329.